The number of nitrogens with zero attached hydrogens (tertiary/aromatic N) is 1. The molecule has 3 aromatic rings. The number of aryl methyl sites for hydroxylation is 1. The number of hydrogen-bond donors (Lipinski definition) is 2. The third kappa shape index (κ3) is 3.21. The molecule has 4 rings (SSSR count). The second-order valence-corrected chi connectivity index (χ2v) is 7.74. The number of methoxy groups -OCH3 is 2. The van der Waals surface area contributed by atoms with Crippen LogP contribution in [0.15, 0.2) is 48.0 Å². The minimum absolute atomic E-state index is 0.0269. The van der Waals surface area contributed by atoms with E-state index in [0.29, 0.717) is 24.5 Å². The predicted octanol–water partition coefficient (Wildman–Crippen LogP) is 4.33. The average Bonchev–Trinajstić information content (AvgIpc) is 3.26. The summed E-state index contributed by atoms with van der Waals surface area (Å²) < 4.78 is 10.9. The van der Waals surface area contributed by atoms with E-state index in [0.717, 1.165) is 22.2 Å². The highest BCUT2D eigenvalue weighted by molar-refractivity contribution is 6.46. The number of amides is 1. The van der Waals surface area contributed by atoms with Crippen LogP contribution in [0.1, 0.15) is 36.2 Å². The Kier molecular flexibility index (Phi) is 5.65. The standard InChI is InChI=1S/C25H26N2O5/c1-5-13-27-22(19-14(2)26-16-10-7-6-9-15(16)19)21(24(29)25(27)30)23(28)20-17(31-3)11-8-12-18(20)32-4/h6-12,22,26,28H,5,13H2,1-4H3/b23-21+. The van der Waals surface area contributed by atoms with Crippen molar-refractivity contribution in [2.24, 2.45) is 0 Å². The first-order chi connectivity index (χ1) is 15.4. The van der Waals surface area contributed by atoms with E-state index < -0.39 is 17.7 Å². The zero-order valence-corrected chi connectivity index (χ0v) is 18.6. The zero-order valence-electron chi connectivity index (χ0n) is 18.6. The van der Waals surface area contributed by atoms with Crippen molar-refractivity contribution in [2.45, 2.75) is 26.3 Å². The van der Waals surface area contributed by atoms with Gasteiger partial charge in [-0.05, 0) is 31.5 Å². The number of nitrogens with one attached hydrogen (secondary N) is 1. The van der Waals surface area contributed by atoms with Crippen molar-refractivity contribution in [3.63, 3.8) is 0 Å². The number of para-hydroxylation sites is 1. The number of rotatable bonds is 6. The highest BCUT2D eigenvalue weighted by Crippen LogP contribution is 2.45. The Morgan fingerprint density at radius 2 is 1.72 bits per heavy atom. The van der Waals surface area contributed by atoms with Crippen LogP contribution < -0.4 is 9.47 Å². The molecule has 2 heterocycles. The topological polar surface area (TPSA) is 91.9 Å². The lowest BCUT2D eigenvalue weighted by atomic mass is 9.92. The molecule has 1 saturated heterocycles. The summed E-state index contributed by atoms with van der Waals surface area (Å²) in [7, 11) is 2.95. The number of fused-ring (bicyclic) bond motifs is 1. The van der Waals surface area contributed by atoms with Crippen molar-refractivity contribution in [3.8, 4) is 11.5 Å². The number of aliphatic hydroxyl groups is 1. The second-order valence-electron chi connectivity index (χ2n) is 7.74. The first kappa shape index (κ1) is 21.5. The molecule has 32 heavy (non-hydrogen) atoms. The lowest BCUT2D eigenvalue weighted by Gasteiger charge is -2.25. The summed E-state index contributed by atoms with van der Waals surface area (Å²) in [6.07, 6.45) is 0.670. The highest BCUT2D eigenvalue weighted by Gasteiger charge is 2.47. The number of ether oxygens (including phenoxy) is 2. The Morgan fingerprint density at radius 3 is 2.34 bits per heavy atom. The van der Waals surface area contributed by atoms with Crippen LogP contribution in [-0.2, 0) is 9.59 Å². The van der Waals surface area contributed by atoms with E-state index in [1.807, 2.05) is 38.1 Å². The van der Waals surface area contributed by atoms with Crippen LogP contribution in [0.4, 0.5) is 0 Å². The Hall–Kier alpha value is -3.74. The minimum atomic E-state index is -0.735. The van der Waals surface area contributed by atoms with Gasteiger partial charge in [0.2, 0.25) is 0 Å². The second kappa shape index (κ2) is 8.42. The van der Waals surface area contributed by atoms with Gasteiger partial charge >= 0.3 is 0 Å². The molecular weight excluding hydrogens is 408 g/mol. The number of Topliss-reactive ketones (excluding diaryl/α,β-unsaturated/α-hetero) is 1. The predicted molar refractivity (Wildman–Crippen MR) is 122 cm³/mol. The van der Waals surface area contributed by atoms with E-state index in [4.69, 9.17) is 9.47 Å². The van der Waals surface area contributed by atoms with Crippen molar-refractivity contribution in [1.82, 2.24) is 9.88 Å². The molecular formula is C25H26N2O5. The van der Waals surface area contributed by atoms with Gasteiger partial charge in [0, 0.05) is 28.7 Å². The monoisotopic (exact) mass is 434 g/mol. The number of carbonyl (C=O) groups excluding carboxylic acids is 2. The van der Waals surface area contributed by atoms with E-state index in [1.165, 1.54) is 14.2 Å². The Bertz CT molecular complexity index is 1220. The number of aromatic amines is 1. The first-order valence-electron chi connectivity index (χ1n) is 10.5. The normalized spacial score (nSPS) is 17.9. The molecule has 0 radical (unpaired) electrons. The van der Waals surface area contributed by atoms with Gasteiger partial charge in [-0.2, -0.15) is 0 Å². The number of benzene rings is 2. The molecule has 7 nitrogen and oxygen atoms in total. The number of aliphatic hydroxyl groups excluding tert-OH is 1. The van der Waals surface area contributed by atoms with E-state index in [9.17, 15) is 14.7 Å². The van der Waals surface area contributed by atoms with Crippen molar-refractivity contribution in [3.05, 3.63) is 64.9 Å². The fraction of sp³-hybridized carbons (Fsp3) is 0.280. The van der Waals surface area contributed by atoms with Crippen LogP contribution in [0.3, 0.4) is 0 Å². The Labute approximate surface area is 186 Å². The van der Waals surface area contributed by atoms with Gasteiger partial charge in [0.05, 0.1) is 25.8 Å². The van der Waals surface area contributed by atoms with E-state index in [-0.39, 0.29) is 16.9 Å². The molecule has 1 aliphatic heterocycles. The molecule has 166 valence electrons. The smallest absolute Gasteiger partial charge is 0.295 e. The quantitative estimate of drug-likeness (QED) is 0.342. The Morgan fingerprint density at radius 1 is 1.06 bits per heavy atom. The summed E-state index contributed by atoms with van der Waals surface area (Å²) in [5, 5.41) is 12.4. The number of ketones is 1. The SMILES string of the molecule is CCCN1C(=O)C(=O)/C(=C(/O)c2c(OC)cccc2OC)C1c1c(C)[nH]c2ccccc12. The van der Waals surface area contributed by atoms with Gasteiger partial charge in [-0.3, -0.25) is 9.59 Å². The van der Waals surface area contributed by atoms with Crippen molar-refractivity contribution in [1.29, 1.82) is 0 Å². The molecule has 0 saturated carbocycles. The lowest BCUT2D eigenvalue weighted by molar-refractivity contribution is -0.139. The number of H-pyrrole nitrogens is 1. The molecule has 0 spiro atoms. The summed E-state index contributed by atoms with van der Waals surface area (Å²) in [4.78, 5) is 31.2. The molecule has 2 aromatic carbocycles. The van der Waals surface area contributed by atoms with Crippen molar-refractivity contribution >= 4 is 28.4 Å². The molecule has 7 heteroatoms. The number of carbonyl (C=O) groups is 2. The molecule has 0 bridgehead atoms. The van der Waals surface area contributed by atoms with Gasteiger partial charge in [0.15, 0.2) is 0 Å². The third-order valence-electron chi connectivity index (χ3n) is 5.89. The molecule has 2 N–H and O–H groups in total. The fourth-order valence-electron chi connectivity index (χ4n) is 4.52. The van der Waals surface area contributed by atoms with E-state index in [2.05, 4.69) is 4.98 Å². The van der Waals surface area contributed by atoms with Gasteiger partial charge in [-0.15, -0.1) is 0 Å². The summed E-state index contributed by atoms with van der Waals surface area (Å²) in [6.45, 7) is 4.24. The molecule has 1 atom stereocenters. The van der Waals surface area contributed by atoms with Gasteiger partial charge in [-0.1, -0.05) is 31.2 Å². The van der Waals surface area contributed by atoms with Crippen molar-refractivity contribution in [2.75, 3.05) is 20.8 Å². The first-order valence-corrected chi connectivity index (χ1v) is 10.5. The molecule has 0 aliphatic carbocycles. The summed E-state index contributed by atoms with van der Waals surface area (Å²) in [5.74, 6) is -0.975. The van der Waals surface area contributed by atoms with Crippen LogP contribution in [0.2, 0.25) is 0 Å². The van der Waals surface area contributed by atoms with E-state index in [1.54, 1.807) is 23.1 Å². The number of aromatic nitrogens is 1. The van der Waals surface area contributed by atoms with Gasteiger partial charge in [-0.25, -0.2) is 0 Å². The minimum Gasteiger partial charge on any atom is -0.506 e. The van der Waals surface area contributed by atoms with Gasteiger partial charge in [0.1, 0.15) is 22.8 Å². The van der Waals surface area contributed by atoms with E-state index >= 15 is 0 Å². The number of hydrogen-bond acceptors (Lipinski definition) is 5. The molecule has 1 aliphatic rings. The summed E-state index contributed by atoms with van der Waals surface area (Å²) in [5.41, 5.74) is 2.80. The average molecular weight is 434 g/mol. The maximum absolute atomic E-state index is 13.3. The summed E-state index contributed by atoms with van der Waals surface area (Å²) in [6, 6.07) is 12.1. The maximum atomic E-state index is 13.3. The zero-order chi connectivity index (χ0) is 23.0. The molecule has 1 amide bonds. The van der Waals surface area contributed by atoms with Crippen LogP contribution in [0.5, 0.6) is 11.5 Å². The molecule has 1 aromatic heterocycles. The third-order valence-corrected chi connectivity index (χ3v) is 5.89. The lowest BCUT2D eigenvalue weighted by Crippen LogP contribution is -2.30. The summed E-state index contributed by atoms with van der Waals surface area (Å²) >= 11 is 0. The fourth-order valence-corrected chi connectivity index (χ4v) is 4.52. The molecule has 1 unspecified atom stereocenters. The highest BCUT2D eigenvalue weighted by atomic mass is 16.5. The van der Waals surface area contributed by atoms with Crippen LogP contribution in [-0.4, -0.2) is 47.4 Å². The van der Waals surface area contributed by atoms with Gasteiger partial charge in [0.25, 0.3) is 11.7 Å². The van der Waals surface area contributed by atoms with Gasteiger partial charge < -0.3 is 24.5 Å². The maximum Gasteiger partial charge on any atom is 0.295 e. The van der Waals surface area contributed by atoms with Crippen LogP contribution in [0, 0.1) is 6.92 Å². The van der Waals surface area contributed by atoms with Crippen LogP contribution >= 0.6 is 0 Å². The largest absolute Gasteiger partial charge is 0.506 e. The van der Waals surface area contributed by atoms with Crippen LogP contribution in [0.25, 0.3) is 16.7 Å². The number of likely N-dealkylation sites (tertiary alicyclic amines) is 1. The Balaban J connectivity index is 2.05. The molecule has 1 fully saturated rings. The van der Waals surface area contributed by atoms with Crippen molar-refractivity contribution < 1.29 is 24.2 Å².